The van der Waals surface area contributed by atoms with Gasteiger partial charge in [0.05, 0.1) is 0 Å². The average molecular weight is 198 g/mol. The maximum absolute atomic E-state index is 5.60. The molecule has 82 valence electrons. The van der Waals surface area contributed by atoms with Crippen LogP contribution in [0.25, 0.3) is 0 Å². The Bertz CT molecular complexity index is 185. The molecule has 0 aliphatic carbocycles. The molecule has 14 heavy (non-hydrogen) atoms. The van der Waals surface area contributed by atoms with E-state index in [2.05, 4.69) is 22.1 Å². The van der Waals surface area contributed by atoms with Gasteiger partial charge in [0.2, 0.25) is 0 Å². The number of nitrogens with zero attached hydrogens (tertiary/aromatic N) is 2. The van der Waals surface area contributed by atoms with Crippen LogP contribution in [-0.2, 0) is 0 Å². The third-order valence-electron chi connectivity index (χ3n) is 2.62. The number of rotatable bonds is 3. The molecular weight excluding hydrogens is 176 g/mol. The standard InChI is InChI=1S/C10H22N4/c1-9(13-10(11)12-2)8-14-6-4-3-5-7-14/h9H,3-8H2,1-2H3,(H3,11,12,13). The highest BCUT2D eigenvalue weighted by molar-refractivity contribution is 5.77. The molecule has 1 aliphatic heterocycles. The first kappa shape index (κ1) is 11.3. The molecule has 1 unspecified atom stereocenters. The molecule has 1 rings (SSSR count). The number of guanidine groups is 1. The maximum Gasteiger partial charge on any atom is 0.188 e. The van der Waals surface area contributed by atoms with Gasteiger partial charge < -0.3 is 16.0 Å². The van der Waals surface area contributed by atoms with E-state index in [0.29, 0.717) is 12.0 Å². The lowest BCUT2D eigenvalue weighted by molar-refractivity contribution is 0.215. The van der Waals surface area contributed by atoms with Crippen LogP contribution in [-0.4, -0.2) is 43.6 Å². The van der Waals surface area contributed by atoms with Gasteiger partial charge in [-0.3, -0.25) is 4.99 Å². The van der Waals surface area contributed by atoms with Gasteiger partial charge in [-0.05, 0) is 32.9 Å². The van der Waals surface area contributed by atoms with Crippen molar-refractivity contribution in [1.82, 2.24) is 10.2 Å². The third kappa shape index (κ3) is 3.96. The zero-order valence-corrected chi connectivity index (χ0v) is 9.29. The summed E-state index contributed by atoms with van der Waals surface area (Å²) in [6.07, 6.45) is 4.06. The number of likely N-dealkylation sites (tertiary alicyclic amines) is 1. The highest BCUT2D eigenvalue weighted by Crippen LogP contribution is 2.08. The number of hydrogen-bond donors (Lipinski definition) is 2. The average Bonchev–Trinajstić information content (AvgIpc) is 2.19. The van der Waals surface area contributed by atoms with Gasteiger partial charge in [0.15, 0.2) is 5.96 Å². The fraction of sp³-hybridized carbons (Fsp3) is 0.900. The van der Waals surface area contributed by atoms with Crippen molar-refractivity contribution in [1.29, 1.82) is 0 Å². The second kappa shape index (κ2) is 5.86. The summed E-state index contributed by atoms with van der Waals surface area (Å²) in [5, 5.41) is 3.16. The van der Waals surface area contributed by atoms with Gasteiger partial charge >= 0.3 is 0 Å². The summed E-state index contributed by atoms with van der Waals surface area (Å²) in [5.74, 6) is 0.537. The SMILES string of the molecule is CN=C(N)NC(C)CN1CCCCC1. The molecule has 3 N–H and O–H groups in total. The van der Waals surface area contributed by atoms with E-state index in [-0.39, 0.29) is 0 Å². The minimum atomic E-state index is 0.386. The number of aliphatic imine (C=N–C) groups is 1. The number of nitrogens with two attached hydrogens (primary N) is 1. The topological polar surface area (TPSA) is 53.6 Å². The van der Waals surface area contributed by atoms with Crippen LogP contribution in [0.1, 0.15) is 26.2 Å². The van der Waals surface area contributed by atoms with Gasteiger partial charge in [0.25, 0.3) is 0 Å². The summed E-state index contributed by atoms with van der Waals surface area (Å²) >= 11 is 0. The summed E-state index contributed by atoms with van der Waals surface area (Å²) in [6.45, 7) is 5.67. The molecule has 0 aromatic heterocycles. The molecule has 1 aliphatic rings. The molecule has 0 radical (unpaired) electrons. The van der Waals surface area contributed by atoms with Gasteiger partial charge in [-0.1, -0.05) is 6.42 Å². The summed E-state index contributed by atoms with van der Waals surface area (Å²) in [6, 6.07) is 0.386. The monoisotopic (exact) mass is 198 g/mol. The summed E-state index contributed by atoms with van der Waals surface area (Å²) in [7, 11) is 1.70. The van der Waals surface area contributed by atoms with E-state index in [1.54, 1.807) is 7.05 Å². The van der Waals surface area contributed by atoms with E-state index in [9.17, 15) is 0 Å². The van der Waals surface area contributed by atoms with Crippen molar-refractivity contribution in [2.75, 3.05) is 26.7 Å². The molecule has 0 saturated carbocycles. The van der Waals surface area contributed by atoms with Crippen molar-refractivity contribution in [2.24, 2.45) is 10.7 Å². The van der Waals surface area contributed by atoms with E-state index < -0.39 is 0 Å². The molecular formula is C10H22N4. The van der Waals surface area contributed by atoms with Gasteiger partial charge in [0, 0.05) is 19.6 Å². The van der Waals surface area contributed by atoms with Crippen LogP contribution in [0.2, 0.25) is 0 Å². The van der Waals surface area contributed by atoms with E-state index in [1.807, 2.05) is 0 Å². The summed E-state index contributed by atoms with van der Waals surface area (Å²) < 4.78 is 0. The van der Waals surface area contributed by atoms with Crippen molar-refractivity contribution in [3.8, 4) is 0 Å². The Hall–Kier alpha value is -0.770. The second-order valence-electron chi connectivity index (χ2n) is 4.02. The fourth-order valence-electron chi connectivity index (χ4n) is 1.89. The molecule has 1 atom stereocenters. The largest absolute Gasteiger partial charge is 0.370 e. The van der Waals surface area contributed by atoms with Crippen LogP contribution in [0.3, 0.4) is 0 Å². The van der Waals surface area contributed by atoms with Gasteiger partial charge in [-0.2, -0.15) is 0 Å². The molecule has 1 fully saturated rings. The van der Waals surface area contributed by atoms with E-state index in [4.69, 9.17) is 5.73 Å². The van der Waals surface area contributed by atoms with Crippen LogP contribution in [0.4, 0.5) is 0 Å². The number of hydrogen-bond acceptors (Lipinski definition) is 2. The minimum Gasteiger partial charge on any atom is -0.370 e. The van der Waals surface area contributed by atoms with Crippen molar-refractivity contribution in [2.45, 2.75) is 32.2 Å². The zero-order valence-electron chi connectivity index (χ0n) is 9.29. The van der Waals surface area contributed by atoms with Crippen LogP contribution in [0.5, 0.6) is 0 Å². The van der Waals surface area contributed by atoms with E-state index in [1.165, 1.54) is 32.4 Å². The number of piperidine rings is 1. The molecule has 1 heterocycles. The highest BCUT2D eigenvalue weighted by atomic mass is 15.2. The second-order valence-corrected chi connectivity index (χ2v) is 4.02. The van der Waals surface area contributed by atoms with Crippen molar-refractivity contribution in [3.05, 3.63) is 0 Å². The van der Waals surface area contributed by atoms with Gasteiger partial charge in [0.1, 0.15) is 0 Å². The quantitative estimate of drug-likeness (QED) is 0.510. The van der Waals surface area contributed by atoms with Crippen molar-refractivity contribution >= 4 is 5.96 Å². The predicted octanol–water partition coefficient (Wildman–Crippen LogP) is 0.395. The van der Waals surface area contributed by atoms with Crippen LogP contribution in [0, 0.1) is 0 Å². The minimum absolute atomic E-state index is 0.386. The maximum atomic E-state index is 5.60. The Labute approximate surface area is 86.6 Å². The lowest BCUT2D eigenvalue weighted by Crippen LogP contribution is -2.46. The normalized spacial score (nSPS) is 22.0. The Morgan fingerprint density at radius 1 is 1.43 bits per heavy atom. The van der Waals surface area contributed by atoms with E-state index >= 15 is 0 Å². The Morgan fingerprint density at radius 3 is 2.64 bits per heavy atom. The Morgan fingerprint density at radius 2 is 2.07 bits per heavy atom. The smallest absolute Gasteiger partial charge is 0.188 e. The third-order valence-corrected chi connectivity index (χ3v) is 2.62. The fourth-order valence-corrected chi connectivity index (χ4v) is 1.89. The van der Waals surface area contributed by atoms with Crippen LogP contribution < -0.4 is 11.1 Å². The lowest BCUT2D eigenvalue weighted by Gasteiger charge is -2.29. The Kier molecular flexibility index (Phi) is 4.73. The molecule has 1 saturated heterocycles. The lowest BCUT2D eigenvalue weighted by atomic mass is 10.1. The molecule has 4 heteroatoms. The van der Waals surface area contributed by atoms with E-state index in [0.717, 1.165) is 6.54 Å². The molecule has 0 spiro atoms. The Balaban J connectivity index is 2.21. The molecule has 0 aromatic rings. The summed E-state index contributed by atoms with van der Waals surface area (Å²) in [5.41, 5.74) is 5.60. The first-order chi connectivity index (χ1) is 6.72. The molecule has 4 nitrogen and oxygen atoms in total. The van der Waals surface area contributed by atoms with Gasteiger partial charge in [-0.25, -0.2) is 0 Å². The van der Waals surface area contributed by atoms with Crippen LogP contribution >= 0.6 is 0 Å². The van der Waals surface area contributed by atoms with Crippen molar-refractivity contribution in [3.63, 3.8) is 0 Å². The van der Waals surface area contributed by atoms with Crippen molar-refractivity contribution < 1.29 is 0 Å². The molecule has 0 aromatic carbocycles. The summed E-state index contributed by atoms with van der Waals surface area (Å²) in [4.78, 5) is 6.38. The molecule has 0 bridgehead atoms. The highest BCUT2D eigenvalue weighted by Gasteiger charge is 2.13. The van der Waals surface area contributed by atoms with Gasteiger partial charge in [-0.15, -0.1) is 0 Å². The predicted molar refractivity (Wildman–Crippen MR) is 60.4 cm³/mol. The molecule has 0 amide bonds. The first-order valence-corrected chi connectivity index (χ1v) is 5.43. The first-order valence-electron chi connectivity index (χ1n) is 5.43. The van der Waals surface area contributed by atoms with Crippen LogP contribution in [0.15, 0.2) is 4.99 Å². The number of nitrogens with one attached hydrogen (secondary N) is 1. The zero-order chi connectivity index (χ0) is 10.4.